The molecule has 0 aliphatic carbocycles. The number of benzene rings is 1. The number of hydrogen-bond donors (Lipinski definition) is 1. The predicted octanol–water partition coefficient (Wildman–Crippen LogP) is 1.94. The molecule has 1 heterocycles. The summed E-state index contributed by atoms with van der Waals surface area (Å²) in [4.78, 5) is 24.1. The quantitative estimate of drug-likeness (QED) is 0.642. The summed E-state index contributed by atoms with van der Waals surface area (Å²) in [6.07, 6.45) is 2.59. The first kappa shape index (κ1) is 15.4. The van der Waals surface area contributed by atoms with E-state index < -0.39 is 4.92 Å². The molecule has 114 valence electrons. The maximum Gasteiger partial charge on any atom is 0.269 e. The highest BCUT2D eigenvalue weighted by Crippen LogP contribution is 2.17. The van der Waals surface area contributed by atoms with Gasteiger partial charge in [-0.3, -0.25) is 14.9 Å². The van der Waals surface area contributed by atoms with E-state index in [1.807, 2.05) is 0 Å². The maximum absolute atomic E-state index is 12.1. The third-order valence-corrected chi connectivity index (χ3v) is 3.90. The Morgan fingerprint density at radius 2 is 2.33 bits per heavy atom. The van der Waals surface area contributed by atoms with Crippen LogP contribution < -0.4 is 5.32 Å². The summed E-state index contributed by atoms with van der Waals surface area (Å²) in [6.45, 7) is 2.45. The Labute approximate surface area is 124 Å². The molecule has 1 unspecified atom stereocenters. The Balaban J connectivity index is 1.84. The third kappa shape index (κ3) is 4.53. The smallest absolute Gasteiger partial charge is 0.269 e. The first-order chi connectivity index (χ1) is 10.1. The summed E-state index contributed by atoms with van der Waals surface area (Å²) in [6, 6.07) is 6.43. The standard InChI is InChI=1S/C15H21N3O3/c1-17(15(19)6-5-12-7-8-16-10-12)11-13-3-2-4-14(9-13)18(20)21/h2-4,9,12,16H,5-8,10-11H2,1H3. The van der Waals surface area contributed by atoms with E-state index >= 15 is 0 Å². The number of nitro benzene ring substituents is 1. The van der Waals surface area contributed by atoms with Gasteiger partial charge in [0.25, 0.3) is 5.69 Å². The normalized spacial score (nSPS) is 17.7. The van der Waals surface area contributed by atoms with Crippen LogP contribution in [0.1, 0.15) is 24.8 Å². The van der Waals surface area contributed by atoms with Crippen LogP contribution >= 0.6 is 0 Å². The highest BCUT2D eigenvalue weighted by Gasteiger charge is 2.17. The van der Waals surface area contributed by atoms with E-state index in [1.165, 1.54) is 12.1 Å². The minimum absolute atomic E-state index is 0.0605. The van der Waals surface area contributed by atoms with Crippen LogP contribution in [0.2, 0.25) is 0 Å². The number of non-ortho nitro benzene ring substituents is 1. The summed E-state index contributed by atoms with van der Waals surface area (Å²) in [5, 5.41) is 14.0. The lowest BCUT2D eigenvalue weighted by atomic mass is 10.0. The van der Waals surface area contributed by atoms with Gasteiger partial charge in [-0.05, 0) is 37.4 Å². The molecule has 1 aromatic carbocycles. The third-order valence-electron chi connectivity index (χ3n) is 3.90. The zero-order chi connectivity index (χ0) is 15.2. The second-order valence-electron chi connectivity index (χ2n) is 5.57. The molecule has 1 amide bonds. The molecular weight excluding hydrogens is 270 g/mol. The molecule has 1 aliphatic heterocycles. The number of nitrogens with one attached hydrogen (secondary N) is 1. The van der Waals surface area contributed by atoms with Gasteiger partial charge in [-0.1, -0.05) is 12.1 Å². The van der Waals surface area contributed by atoms with Gasteiger partial charge in [0.05, 0.1) is 4.92 Å². The van der Waals surface area contributed by atoms with E-state index in [-0.39, 0.29) is 11.6 Å². The Hall–Kier alpha value is -1.95. The Bertz CT molecular complexity index is 513. The van der Waals surface area contributed by atoms with Crippen molar-refractivity contribution >= 4 is 11.6 Å². The first-order valence-electron chi connectivity index (χ1n) is 7.24. The van der Waals surface area contributed by atoms with Gasteiger partial charge in [0.1, 0.15) is 0 Å². The van der Waals surface area contributed by atoms with Crippen molar-refractivity contribution in [1.29, 1.82) is 0 Å². The predicted molar refractivity (Wildman–Crippen MR) is 79.8 cm³/mol. The van der Waals surface area contributed by atoms with E-state index in [1.54, 1.807) is 24.1 Å². The monoisotopic (exact) mass is 291 g/mol. The largest absolute Gasteiger partial charge is 0.341 e. The second-order valence-corrected chi connectivity index (χ2v) is 5.57. The molecular formula is C15H21N3O3. The molecule has 1 fully saturated rings. The summed E-state index contributed by atoms with van der Waals surface area (Å²) >= 11 is 0. The van der Waals surface area contributed by atoms with Crippen LogP contribution in [0, 0.1) is 16.0 Å². The summed E-state index contributed by atoms with van der Waals surface area (Å²) in [7, 11) is 1.74. The molecule has 1 N–H and O–H groups in total. The van der Waals surface area contributed by atoms with Crippen molar-refractivity contribution in [2.45, 2.75) is 25.8 Å². The van der Waals surface area contributed by atoms with Gasteiger partial charge in [0, 0.05) is 32.1 Å². The Morgan fingerprint density at radius 1 is 1.52 bits per heavy atom. The van der Waals surface area contributed by atoms with Crippen molar-refractivity contribution in [1.82, 2.24) is 10.2 Å². The van der Waals surface area contributed by atoms with Crippen LogP contribution in [0.3, 0.4) is 0 Å². The Kier molecular flexibility index (Phi) is 5.27. The molecule has 0 radical (unpaired) electrons. The number of carbonyl (C=O) groups excluding carboxylic acids is 1. The molecule has 0 spiro atoms. The van der Waals surface area contributed by atoms with Gasteiger partial charge in [0.15, 0.2) is 0 Å². The van der Waals surface area contributed by atoms with E-state index in [9.17, 15) is 14.9 Å². The van der Waals surface area contributed by atoms with E-state index in [4.69, 9.17) is 0 Å². The first-order valence-corrected chi connectivity index (χ1v) is 7.24. The van der Waals surface area contributed by atoms with Crippen molar-refractivity contribution in [2.24, 2.45) is 5.92 Å². The van der Waals surface area contributed by atoms with Crippen molar-refractivity contribution in [3.63, 3.8) is 0 Å². The molecule has 1 aromatic rings. The SMILES string of the molecule is CN(Cc1cccc([N+](=O)[O-])c1)C(=O)CCC1CCNC1. The van der Waals surface area contributed by atoms with Crippen LogP contribution in [0.4, 0.5) is 5.69 Å². The van der Waals surface area contributed by atoms with E-state index in [0.717, 1.165) is 31.5 Å². The zero-order valence-corrected chi connectivity index (χ0v) is 12.2. The fourth-order valence-corrected chi connectivity index (χ4v) is 2.61. The molecule has 21 heavy (non-hydrogen) atoms. The zero-order valence-electron chi connectivity index (χ0n) is 12.2. The van der Waals surface area contributed by atoms with E-state index in [2.05, 4.69) is 5.32 Å². The molecule has 0 aromatic heterocycles. The van der Waals surface area contributed by atoms with Crippen LogP contribution in [-0.2, 0) is 11.3 Å². The van der Waals surface area contributed by atoms with Gasteiger partial charge < -0.3 is 10.2 Å². The summed E-state index contributed by atoms with van der Waals surface area (Å²) in [5.74, 6) is 0.688. The molecule has 6 heteroatoms. The number of hydrogen-bond acceptors (Lipinski definition) is 4. The van der Waals surface area contributed by atoms with Gasteiger partial charge in [-0.2, -0.15) is 0 Å². The van der Waals surface area contributed by atoms with Crippen molar-refractivity contribution < 1.29 is 9.72 Å². The van der Waals surface area contributed by atoms with Crippen LogP contribution in [0.15, 0.2) is 24.3 Å². The molecule has 0 saturated carbocycles. The minimum Gasteiger partial charge on any atom is -0.341 e. The van der Waals surface area contributed by atoms with Crippen LogP contribution in [-0.4, -0.2) is 35.9 Å². The van der Waals surface area contributed by atoms with Crippen molar-refractivity contribution in [2.75, 3.05) is 20.1 Å². The highest BCUT2D eigenvalue weighted by atomic mass is 16.6. The lowest BCUT2D eigenvalue weighted by molar-refractivity contribution is -0.384. The number of amides is 1. The van der Waals surface area contributed by atoms with Crippen LogP contribution in [0.5, 0.6) is 0 Å². The highest BCUT2D eigenvalue weighted by molar-refractivity contribution is 5.75. The number of carbonyl (C=O) groups is 1. The summed E-state index contributed by atoms with van der Waals surface area (Å²) in [5.41, 5.74) is 0.841. The summed E-state index contributed by atoms with van der Waals surface area (Å²) < 4.78 is 0. The average molecular weight is 291 g/mol. The van der Waals surface area contributed by atoms with Gasteiger partial charge in [-0.25, -0.2) is 0 Å². The fourth-order valence-electron chi connectivity index (χ4n) is 2.61. The molecule has 1 aliphatic rings. The molecule has 1 saturated heterocycles. The maximum atomic E-state index is 12.1. The molecule has 0 bridgehead atoms. The molecule has 1 atom stereocenters. The van der Waals surface area contributed by atoms with Crippen molar-refractivity contribution in [3.8, 4) is 0 Å². The number of nitrogens with zero attached hydrogens (tertiary/aromatic N) is 2. The van der Waals surface area contributed by atoms with Crippen LogP contribution in [0.25, 0.3) is 0 Å². The van der Waals surface area contributed by atoms with Gasteiger partial charge in [0.2, 0.25) is 5.91 Å². The van der Waals surface area contributed by atoms with Gasteiger partial charge >= 0.3 is 0 Å². The Morgan fingerprint density at radius 3 is 3.00 bits per heavy atom. The average Bonchev–Trinajstić information content (AvgIpc) is 2.98. The lowest BCUT2D eigenvalue weighted by Crippen LogP contribution is -2.26. The van der Waals surface area contributed by atoms with Gasteiger partial charge in [-0.15, -0.1) is 0 Å². The minimum atomic E-state index is -0.418. The number of nitro groups is 1. The lowest BCUT2D eigenvalue weighted by Gasteiger charge is -2.18. The molecule has 2 rings (SSSR count). The topological polar surface area (TPSA) is 75.5 Å². The van der Waals surface area contributed by atoms with E-state index in [0.29, 0.717) is 18.9 Å². The number of rotatable bonds is 6. The van der Waals surface area contributed by atoms with Crippen molar-refractivity contribution in [3.05, 3.63) is 39.9 Å². The molecule has 6 nitrogen and oxygen atoms in total. The second kappa shape index (κ2) is 7.17. The fraction of sp³-hybridized carbons (Fsp3) is 0.533.